The highest BCUT2D eigenvalue weighted by atomic mass is 32.2. The fraction of sp³-hybridized carbons (Fsp3) is 0.667. The highest BCUT2D eigenvalue weighted by Gasteiger charge is 2.54. The third-order valence-corrected chi connectivity index (χ3v) is 8.26. The number of nitrogens with one attached hydrogen (secondary N) is 2. The summed E-state index contributed by atoms with van der Waals surface area (Å²) in [7, 11) is -4.04. The van der Waals surface area contributed by atoms with Crippen LogP contribution in [0, 0.1) is 26.4 Å². The number of sulfonamides is 1. The number of carboxylic acid groups (broad SMARTS) is 1. The lowest BCUT2D eigenvalue weighted by atomic mass is 9.49. The van der Waals surface area contributed by atoms with Gasteiger partial charge in [-0.15, -0.1) is 0 Å². The first-order valence-corrected chi connectivity index (χ1v) is 12.2. The number of nitro benzene ring substituents is 1. The molecule has 32 heavy (non-hydrogen) atoms. The summed E-state index contributed by atoms with van der Waals surface area (Å²) in [4.78, 5) is 21.9. The number of carbonyl (C=O) groups excluding carboxylic acids is 1. The van der Waals surface area contributed by atoms with Crippen LogP contribution in [0.1, 0.15) is 59.3 Å². The normalized spacial score (nSPS) is 26.4. The number of carbonyl (C=O) groups is 1. The molecular formula is C21H31N4O6S-. The number of hydrogen-bond acceptors (Lipinski definition) is 7. The van der Waals surface area contributed by atoms with Crippen molar-refractivity contribution in [1.82, 2.24) is 5.32 Å². The van der Waals surface area contributed by atoms with Gasteiger partial charge < -0.3 is 20.5 Å². The lowest BCUT2D eigenvalue weighted by molar-refractivity contribution is -0.384. The van der Waals surface area contributed by atoms with E-state index >= 15 is 0 Å². The average Bonchev–Trinajstić information content (AvgIpc) is 2.70. The number of hydrogen-bond donors (Lipinski definition) is 3. The summed E-state index contributed by atoms with van der Waals surface area (Å²) in [5, 5.41) is 33.7. The number of amides is 1. The molecule has 1 aromatic rings. The largest absolute Gasteiger partial charge is 0.530 e. The van der Waals surface area contributed by atoms with Gasteiger partial charge in [-0.05, 0) is 66.9 Å². The van der Waals surface area contributed by atoms with Crippen LogP contribution in [-0.2, 0) is 10.0 Å². The van der Waals surface area contributed by atoms with Crippen molar-refractivity contribution in [1.29, 1.82) is 0 Å². The summed E-state index contributed by atoms with van der Waals surface area (Å²) in [6.45, 7) is 6.62. The predicted octanol–water partition coefficient (Wildman–Crippen LogP) is 2.34. The maximum absolute atomic E-state index is 11.5. The fourth-order valence-corrected chi connectivity index (χ4v) is 6.20. The summed E-state index contributed by atoms with van der Waals surface area (Å²) in [5.41, 5.74) is -0.493. The van der Waals surface area contributed by atoms with Crippen molar-refractivity contribution < 1.29 is 23.2 Å². The lowest BCUT2D eigenvalue weighted by Crippen LogP contribution is -2.61. The van der Waals surface area contributed by atoms with E-state index in [0.29, 0.717) is 6.54 Å². The average molecular weight is 468 g/mol. The van der Waals surface area contributed by atoms with Crippen LogP contribution in [0.25, 0.3) is 0 Å². The maximum Gasteiger partial charge on any atom is 0.293 e. The Morgan fingerprint density at radius 3 is 2.19 bits per heavy atom. The standard InChI is InChI=1S/C21H32N4O6S/c1-19(2,3)17(24-18(26)27)21-9-6-20(7-10-21,8-11-21)13-23-15-5-4-14(32(22,30)31)12-16(15)25(28)29/h4-5,12,17,23-24H,6-11,13H2,1-3H3,(H,26,27)(H2,22,30,31)/p-1. The first-order valence-electron chi connectivity index (χ1n) is 10.7. The molecule has 0 heterocycles. The first kappa shape index (κ1) is 24.2. The molecule has 1 unspecified atom stereocenters. The van der Waals surface area contributed by atoms with Gasteiger partial charge in [0.05, 0.1) is 9.82 Å². The Bertz CT molecular complexity index is 993. The van der Waals surface area contributed by atoms with E-state index in [1.54, 1.807) is 0 Å². The van der Waals surface area contributed by atoms with E-state index in [2.05, 4.69) is 10.6 Å². The Morgan fingerprint density at radius 1 is 1.19 bits per heavy atom. The Labute approximate surface area is 188 Å². The van der Waals surface area contributed by atoms with E-state index in [-0.39, 0.29) is 38.6 Å². The smallest absolute Gasteiger partial charge is 0.293 e. The quantitative estimate of drug-likeness (QED) is 0.408. The van der Waals surface area contributed by atoms with Crippen LogP contribution in [0.3, 0.4) is 0 Å². The summed E-state index contributed by atoms with van der Waals surface area (Å²) in [5.74, 6) is 0. The Morgan fingerprint density at radius 2 is 1.75 bits per heavy atom. The van der Waals surface area contributed by atoms with E-state index in [4.69, 9.17) is 5.14 Å². The second-order valence-electron chi connectivity index (χ2n) is 10.4. The zero-order valence-electron chi connectivity index (χ0n) is 18.6. The van der Waals surface area contributed by atoms with Gasteiger partial charge in [-0.1, -0.05) is 20.8 Å². The van der Waals surface area contributed by atoms with Crippen LogP contribution in [-0.4, -0.2) is 32.0 Å². The number of fused-ring (bicyclic) bond motifs is 3. The second-order valence-corrected chi connectivity index (χ2v) is 12.0. The van der Waals surface area contributed by atoms with Gasteiger partial charge >= 0.3 is 0 Å². The number of rotatable bonds is 7. The second kappa shape index (κ2) is 8.18. The summed E-state index contributed by atoms with van der Waals surface area (Å²) >= 11 is 0. The zero-order chi connectivity index (χ0) is 23.9. The molecule has 1 amide bonds. The van der Waals surface area contributed by atoms with Crippen LogP contribution < -0.4 is 20.9 Å². The number of nitrogens with zero attached hydrogens (tertiary/aromatic N) is 1. The highest BCUT2D eigenvalue weighted by Crippen LogP contribution is 2.60. The fourth-order valence-electron chi connectivity index (χ4n) is 5.67. The highest BCUT2D eigenvalue weighted by molar-refractivity contribution is 7.89. The molecule has 0 aliphatic heterocycles. The topological polar surface area (TPSA) is 167 Å². The monoisotopic (exact) mass is 467 g/mol. The van der Waals surface area contributed by atoms with E-state index < -0.39 is 21.0 Å². The molecule has 1 atom stereocenters. The van der Waals surface area contributed by atoms with Gasteiger partial charge in [0.15, 0.2) is 0 Å². The molecule has 2 bridgehead atoms. The van der Waals surface area contributed by atoms with Crippen molar-refractivity contribution in [2.24, 2.45) is 21.4 Å². The maximum atomic E-state index is 11.5. The third kappa shape index (κ3) is 4.83. The van der Waals surface area contributed by atoms with Crippen molar-refractivity contribution in [2.75, 3.05) is 11.9 Å². The Hall–Kier alpha value is -2.40. The molecule has 0 aromatic heterocycles. The van der Waals surface area contributed by atoms with Gasteiger partial charge in [0.1, 0.15) is 11.8 Å². The molecule has 3 saturated carbocycles. The van der Waals surface area contributed by atoms with E-state index in [1.807, 2.05) is 20.8 Å². The van der Waals surface area contributed by atoms with Crippen molar-refractivity contribution in [3.8, 4) is 0 Å². The molecule has 10 nitrogen and oxygen atoms in total. The van der Waals surface area contributed by atoms with Crippen LogP contribution >= 0.6 is 0 Å². The van der Waals surface area contributed by atoms with Gasteiger partial charge in [0, 0.05) is 18.7 Å². The number of nitrogens with two attached hydrogens (primary N) is 1. The molecule has 0 saturated heterocycles. The molecule has 4 N–H and O–H groups in total. The minimum atomic E-state index is -4.04. The van der Waals surface area contributed by atoms with Gasteiger partial charge in [0.2, 0.25) is 10.0 Å². The molecule has 0 radical (unpaired) electrons. The molecule has 11 heteroatoms. The molecule has 4 rings (SSSR count). The SMILES string of the molecule is CC(C)(C)C(NC(=O)[O-])C12CCC(CNc3ccc(S(N)(=O)=O)cc3[N+](=O)[O-])(CC1)CC2. The summed E-state index contributed by atoms with van der Waals surface area (Å²) in [6.07, 6.45) is 3.98. The van der Waals surface area contributed by atoms with Crippen LogP contribution in [0.2, 0.25) is 0 Å². The molecule has 1 aromatic carbocycles. The molecule has 3 aliphatic carbocycles. The predicted molar refractivity (Wildman–Crippen MR) is 117 cm³/mol. The van der Waals surface area contributed by atoms with Gasteiger partial charge in [-0.2, -0.15) is 0 Å². The molecule has 178 valence electrons. The molecule has 0 spiro atoms. The van der Waals surface area contributed by atoms with Crippen LogP contribution in [0.15, 0.2) is 23.1 Å². The first-order chi connectivity index (χ1) is 14.7. The molecule has 3 aliphatic rings. The summed E-state index contributed by atoms with van der Waals surface area (Å²) < 4.78 is 23.1. The zero-order valence-corrected chi connectivity index (χ0v) is 19.5. The van der Waals surface area contributed by atoms with Crippen LogP contribution in [0.4, 0.5) is 16.2 Å². The van der Waals surface area contributed by atoms with E-state index in [1.165, 1.54) is 12.1 Å². The van der Waals surface area contributed by atoms with E-state index in [0.717, 1.165) is 44.6 Å². The van der Waals surface area contributed by atoms with Gasteiger partial charge in [-0.3, -0.25) is 10.1 Å². The Balaban J connectivity index is 1.75. The van der Waals surface area contributed by atoms with Crippen molar-refractivity contribution in [2.45, 2.75) is 70.2 Å². The minimum absolute atomic E-state index is 0.0435. The van der Waals surface area contributed by atoms with E-state index in [9.17, 15) is 28.4 Å². The minimum Gasteiger partial charge on any atom is -0.530 e. The number of nitro groups is 1. The number of anilines is 1. The Kier molecular flexibility index (Phi) is 6.20. The van der Waals surface area contributed by atoms with Crippen molar-refractivity contribution in [3.05, 3.63) is 28.3 Å². The molecule has 3 fully saturated rings. The van der Waals surface area contributed by atoms with Gasteiger partial charge in [0.25, 0.3) is 5.69 Å². The number of primary sulfonamides is 1. The summed E-state index contributed by atoms with van der Waals surface area (Å²) in [6, 6.07) is 3.40. The van der Waals surface area contributed by atoms with Crippen LogP contribution in [0.5, 0.6) is 0 Å². The van der Waals surface area contributed by atoms with Crippen molar-refractivity contribution in [3.63, 3.8) is 0 Å². The van der Waals surface area contributed by atoms with Crippen molar-refractivity contribution >= 4 is 27.5 Å². The van der Waals surface area contributed by atoms with Gasteiger partial charge in [-0.25, -0.2) is 13.6 Å². The number of benzene rings is 1. The molecular weight excluding hydrogens is 436 g/mol. The third-order valence-electron chi connectivity index (χ3n) is 7.35. The lowest BCUT2D eigenvalue weighted by Gasteiger charge is -2.59.